The van der Waals surface area contributed by atoms with Crippen LogP contribution >= 0.6 is 0 Å². The van der Waals surface area contributed by atoms with E-state index in [0.29, 0.717) is 32.8 Å². The Morgan fingerprint density at radius 1 is 1.30 bits per heavy atom. The van der Waals surface area contributed by atoms with Gasteiger partial charge in [0, 0.05) is 31.7 Å². The Bertz CT molecular complexity index is 416. The SMILES string of the molecule is NC(=O)CC1(NCCOc2ccccc2)CCOCC1. The second-order valence-corrected chi connectivity index (χ2v) is 5.12. The molecule has 1 heterocycles. The van der Waals surface area contributed by atoms with Gasteiger partial charge in [0.15, 0.2) is 0 Å². The van der Waals surface area contributed by atoms with Crippen LogP contribution in [0.3, 0.4) is 0 Å². The summed E-state index contributed by atoms with van der Waals surface area (Å²) in [6, 6.07) is 9.68. The van der Waals surface area contributed by atoms with Crippen molar-refractivity contribution in [2.24, 2.45) is 5.73 Å². The van der Waals surface area contributed by atoms with Crippen molar-refractivity contribution in [1.29, 1.82) is 0 Å². The summed E-state index contributed by atoms with van der Waals surface area (Å²) in [5, 5.41) is 3.43. The van der Waals surface area contributed by atoms with Crippen molar-refractivity contribution < 1.29 is 14.3 Å². The molecule has 5 nitrogen and oxygen atoms in total. The summed E-state index contributed by atoms with van der Waals surface area (Å²) >= 11 is 0. The van der Waals surface area contributed by atoms with Crippen LogP contribution in [-0.2, 0) is 9.53 Å². The Hall–Kier alpha value is -1.59. The Morgan fingerprint density at radius 2 is 2.00 bits per heavy atom. The van der Waals surface area contributed by atoms with Crippen LogP contribution in [0.5, 0.6) is 5.75 Å². The fourth-order valence-corrected chi connectivity index (χ4v) is 2.51. The highest BCUT2D eigenvalue weighted by Gasteiger charge is 2.33. The highest BCUT2D eigenvalue weighted by molar-refractivity contribution is 5.75. The maximum Gasteiger partial charge on any atom is 0.219 e. The zero-order chi connectivity index (χ0) is 14.3. The zero-order valence-electron chi connectivity index (χ0n) is 11.6. The van der Waals surface area contributed by atoms with Crippen LogP contribution in [0.4, 0.5) is 0 Å². The van der Waals surface area contributed by atoms with Crippen molar-refractivity contribution >= 4 is 5.91 Å². The van der Waals surface area contributed by atoms with Crippen molar-refractivity contribution in [3.63, 3.8) is 0 Å². The standard InChI is InChI=1S/C15H22N2O3/c16-14(18)12-15(6-9-19-10-7-15)17-8-11-20-13-4-2-1-3-5-13/h1-5,17H,6-12H2,(H2,16,18). The van der Waals surface area contributed by atoms with E-state index >= 15 is 0 Å². The minimum absolute atomic E-state index is 0.232. The number of nitrogens with two attached hydrogens (primary N) is 1. The molecule has 1 aromatic carbocycles. The highest BCUT2D eigenvalue weighted by atomic mass is 16.5. The molecule has 0 bridgehead atoms. The van der Waals surface area contributed by atoms with E-state index in [4.69, 9.17) is 15.2 Å². The van der Waals surface area contributed by atoms with E-state index in [0.717, 1.165) is 18.6 Å². The summed E-state index contributed by atoms with van der Waals surface area (Å²) < 4.78 is 11.0. The molecule has 0 spiro atoms. The first kappa shape index (κ1) is 14.8. The minimum Gasteiger partial charge on any atom is -0.492 e. The van der Waals surface area contributed by atoms with E-state index in [1.165, 1.54) is 0 Å². The first-order valence-corrected chi connectivity index (χ1v) is 6.99. The highest BCUT2D eigenvalue weighted by Crippen LogP contribution is 2.24. The Kier molecular flexibility index (Phi) is 5.38. The second kappa shape index (κ2) is 7.26. The normalized spacial score (nSPS) is 17.6. The molecule has 0 atom stereocenters. The number of rotatable bonds is 7. The van der Waals surface area contributed by atoms with Gasteiger partial charge in [-0.25, -0.2) is 0 Å². The van der Waals surface area contributed by atoms with Gasteiger partial charge in [-0.2, -0.15) is 0 Å². The maximum absolute atomic E-state index is 11.2. The van der Waals surface area contributed by atoms with Crippen molar-refractivity contribution in [3.05, 3.63) is 30.3 Å². The van der Waals surface area contributed by atoms with Crippen molar-refractivity contribution in [1.82, 2.24) is 5.32 Å². The van der Waals surface area contributed by atoms with Gasteiger partial charge in [0.05, 0.1) is 0 Å². The number of carbonyl (C=O) groups is 1. The van der Waals surface area contributed by atoms with Gasteiger partial charge in [-0.1, -0.05) is 18.2 Å². The quantitative estimate of drug-likeness (QED) is 0.732. The summed E-state index contributed by atoms with van der Waals surface area (Å²) in [4.78, 5) is 11.2. The van der Waals surface area contributed by atoms with Gasteiger partial charge in [-0.3, -0.25) is 4.79 Å². The van der Waals surface area contributed by atoms with Crippen molar-refractivity contribution in [2.75, 3.05) is 26.4 Å². The molecule has 5 heteroatoms. The van der Waals surface area contributed by atoms with E-state index < -0.39 is 0 Å². The van der Waals surface area contributed by atoms with Gasteiger partial charge in [-0.05, 0) is 25.0 Å². The van der Waals surface area contributed by atoms with E-state index in [1.54, 1.807) is 0 Å². The molecule has 1 saturated heterocycles. The van der Waals surface area contributed by atoms with Crippen LogP contribution in [0.2, 0.25) is 0 Å². The van der Waals surface area contributed by atoms with Crippen molar-refractivity contribution in [3.8, 4) is 5.75 Å². The number of hydrogen-bond donors (Lipinski definition) is 2. The number of carbonyl (C=O) groups excluding carboxylic acids is 1. The molecule has 110 valence electrons. The van der Waals surface area contributed by atoms with Gasteiger partial charge < -0.3 is 20.5 Å². The van der Waals surface area contributed by atoms with Crippen LogP contribution < -0.4 is 15.8 Å². The molecule has 1 aliphatic rings. The molecule has 0 unspecified atom stereocenters. The molecule has 0 saturated carbocycles. The fourth-order valence-electron chi connectivity index (χ4n) is 2.51. The monoisotopic (exact) mass is 278 g/mol. The summed E-state index contributed by atoms with van der Waals surface area (Å²) in [7, 11) is 0. The first-order chi connectivity index (χ1) is 9.70. The van der Waals surface area contributed by atoms with E-state index in [-0.39, 0.29) is 11.4 Å². The molecule has 3 N–H and O–H groups in total. The molecule has 20 heavy (non-hydrogen) atoms. The van der Waals surface area contributed by atoms with Crippen molar-refractivity contribution in [2.45, 2.75) is 24.8 Å². The molecule has 1 amide bonds. The molecule has 1 fully saturated rings. The van der Waals surface area contributed by atoms with Crippen LogP contribution in [0, 0.1) is 0 Å². The lowest BCUT2D eigenvalue weighted by Gasteiger charge is -2.37. The molecular formula is C15H22N2O3. The molecule has 0 aromatic heterocycles. The van der Waals surface area contributed by atoms with Crippen LogP contribution in [-0.4, -0.2) is 37.8 Å². The molecule has 0 aliphatic carbocycles. The third-order valence-electron chi connectivity index (χ3n) is 3.58. The summed E-state index contributed by atoms with van der Waals surface area (Å²) in [5.74, 6) is 0.577. The summed E-state index contributed by atoms with van der Waals surface area (Å²) in [6.07, 6.45) is 1.96. The number of amides is 1. The number of para-hydroxylation sites is 1. The zero-order valence-corrected chi connectivity index (χ0v) is 11.6. The average Bonchev–Trinajstić information content (AvgIpc) is 2.45. The predicted octanol–water partition coefficient (Wildman–Crippen LogP) is 1.08. The second-order valence-electron chi connectivity index (χ2n) is 5.12. The smallest absolute Gasteiger partial charge is 0.219 e. The van der Waals surface area contributed by atoms with Crippen LogP contribution in [0.25, 0.3) is 0 Å². The molecule has 1 aromatic rings. The third-order valence-corrected chi connectivity index (χ3v) is 3.58. The molecule has 1 aliphatic heterocycles. The lowest BCUT2D eigenvalue weighted by molar-refractivity contribution is -0.120. The maximum atomic E-state index is 11.2. The minimum atomic E-state index is -0.275. The van der Waals surface area contributed by atoms with Crippen LogP contribution in [0.15, 0.2) is 30.3 Å². The molecular weight excluding hydrogens is 256 g/mol. The Morgan fingerprint density at radius 3 is 2.65 bits per heavy atom. The Balaban J connectivity index is 1.78. The van der Waals surface area contributed by atoms with Gasteiger partial charge >= 0.3 is 0 Å². The van der Waals surface area contributed by atoms with Crippen LogP contribution in [0.1, 0.15) is 19.3 Å². The lowest BCUT2D eigenvalue weighted by atomic mass is 9.86. The number of benzene rings is 1. The topological polar surface area (TPSA) is 73.6 Å². The Labute approximate surface area is 119 Å². The third kappa shape index (κ3) is 4.51. The number of primary amides is 1. The van der Waals surface area contributed by atoms with E-state index in [2.05, 4.69) is 5.32 Å². The van der Waals surface area contributed by atoms with Gasteiger partial charge in [0.1, 0.15) is 12.4 Å². The lowest BCUT2D eigenvalue weighted by Crippen LogP contribution is -2.52. The largest absolute Gasteiger partial charge is 0.492 e. The predicted molar refractivity (Wildman–Crippen MR) is 76.5 cm³/mol. The average molecular weight is 278 g/mol. The number of ether oxygens (including phenoxy) is 2. The molecule has 2 rings (SSSR count). The number of nitrogens with one attached hydrogen (secondary N) is 1. The summed E-state index contributed by atoms with van der Waals surface area (Å²) in [6.45, 7) is 2.58. The van der Waals surface area contributed by atoms with E-state index in [9.17, 15) is 4.79 Å². The number of hydrogen-bond acceptors (Lipinski definition) is 4. The van der Waals surface area contributed by atoms with Gasteiger partial charge in [0.2, 0.25) is 5.91 Å². The fraction of sp³-hybridized carbons (Fsp3) is 0.533. The van der Waals surface area contributed by atoms with Gasteiger partial charge in [-0.15, -0.1) is 0 Å². The van der Waals surface area contributed by atoms with Gasteiger partial charge in [0.25, 0.3) is 0 Å². The summed E-state index contributed by atoms with van der Waals surface area (Å²) in [5.41, 5.74) is 5.12. The molecule has 0 radical (unpaired) electrons. The van der Waals surface area contributed by atoms with E-state index in [1.807, 2.05) is 30.3 Å². The first-order valence-electron chi connectivity index (χ1n) is 6.99.